The van der Waals surface area contributed by atoms with Crippen LogP contribution in [-0.4, -0.2) is 25.9 Å². The van der Waals surface area contributed by atoms with Gasteiger partial charge in [-0.3, -0.25) is 24.0 Å². The lowest BCUT2D eigenvalue weighted by Gasteiger charge is -2.21. The summed E-state index contributed by atoms with van der Waals surface area (Å²) in [4.78, 5) is 40.3. The second-order valence-corrected chi connectivity index (χ2v) is 5.72. The minimum absolute atomic E-state index is 0.213. The van der Waals surface area contributed by atoms with Crippen LogP contribution in [-0.2, 0) is 16.6 Å². The standard InChI is InChI=1S/C15H14N4O4/c1-7-16-8-5-11-10(6-12(8)23-7)18(2)15(22)19(11)9-3-4-13(20)17-14(9)21/h5-6,9H,3-4H2,1-2H3,(H,17,20,21). The molecule has 0 radical (unpaired) electrons. The zero-order valence-corrected chi connectivity index (χ0v) is 12.6. The number of oxazole rings is 1. The summed E-state index contributed by atoms with van der Waals surface area (Å²) in [7, 11) is 1.64. The minimum Gasteiger partial charge on any atom is -0.441 e. The molecule has 1 aliphatic rings. The van der Waals surface area contributed by atoms with Crippen molar-refractivity contribution in [1.82, 2.24) is 19.4 Å². The van der Waals surface area contributed by atoms with Crippen LogP contribution in [0.2, 0.25) is 0 Å². The van der Waals surface area contributed by atoms with Crippen molar-refractivity contribution in [2.24, 2.45) is 7.05 Å². The number of aryl methyl sites for hydroxylation is 2. The number of hydrogen-bond acceptors (Lipinski definition) is 5. The van der Waals surface area contributed by atoms with Crippen LogP contribution in [0.15, 0.2) is 21.3 Å². The van der Waals surface area contributed by atoms with Crippen LogP contribution < -0.4 is 11.0 Å². The Bertz CT molecular complexity index is 1040. The predicted molar refractivity (Wildman–Crippen MR) is 80.9 cm³/mol. The molecular formula is C15H14N4O4. The van der Waals surface area contributed by atoms with Crippen LogP contribution in [0.1, 0.15) is 24.8 Å². The lowest BCUT2D eigenvalue weighted by atomic mass is 10.1. The van der Waals surface area contributed by atoms with Crippen molar-refractivity contribution >= 4 is 33.9 Å². The molecular weight excluding hydrogens is 300 g/mol. The molecule has 1 atom stereocenters. The molecule has 1 saturated heterocycles. The molecule has 1 fully saturated rings. The van der Waals surface area contributed by atoms with Gasteiger partial charge < -0.3 is 4.42 Å². The number of imidazole rings is 1. The number of rotatable bonds is 1. The molecule has 3 heterocycles. The Kier molecular flexibility index (Phi) is 2.72. The number of piperidine rings is 1. The van der Waals surface area contributed by atoms with Gasteiger partial charge in [0, 0.05) is 26.5 Å². The van der Waals surface area contributed by atoms with Gasteiger partial charge in [0.25, 0.3) is 0 Å². The first-order valence-corrected chi connectivity index (χ1v) is 7.27. The van der Waals surface area contributed by atoms with E-state index in [2.05, 4.69) is 10.3 Å². The van der Waals surface area contributed by atoms with Gasteiger partial charge in [0.15, 0.2) is 11.5 Å². The zero-order valence-electron chi connectivity index (χ0n) is 12.6. The molecule has 1 unspecified atom stereocenters. The maximum Gasteiger partial charge on any atom is 0.329 e. The Morgan fingerprint density at radius 3 is 2.78 bits per heavy atom. The van der Waals surface area contributed by atoms with Gasteiger partial charge in [0.2, 0.25) is 11.8 Å². The van der Waals surface area contributed by atoms with Crippen LogP contribution in [0.4, 0.5) is 0 Å². The highest BCUT2D eigenvalue weighted by Crippen LogP contribution is 2.27. The first kappa shape index (κ1) is 13.7. The average Bonchev–Trinajstić information content (AvgIpc) is 2.96. The summed E-state index contributed by atoms with van der Waals surface area (Å²) in [6.07, 6.45) is 0.518. The van der Waals surface area contributed by atoms with E-state index in [9.17, 15) is 14.4 Å². The predicted octanol–water partition coefficient (Wildman–Crippen LogP) is 0.767. The number of amides is 2. The lowest BCUT2D eigenvalue weighted by molar-refractivity contribution is -0.135. The molecule has 0 bridgehead atoms. The Morgan fingerprint density at radius 1 is 1.26 bits per heavy atom. The van der Waals surface area contributed by atoms with Crippen molar-refractivity contribution in [2.75, 3.05) is 0 Å². The van der Waals surface area contributed by atoms with E-state index in [0.29, 0.717) is 34.4 Å². The summed E-state index contributed by atoms with van der Waals surface area (Å²) in [5.41, 5.74) is 2.17. The summed E-state index contributed by atoms with van der Waals surface area (Å²) < 4.78 is 8.40. The van der Waals surface area contributed by atoms with Gasteiger partial charge in [-0.05, 0) is 12.5 Å². The monoisotopic (exact) mass is 314 g/mol. The lowest BCUT2D eigenvalue weighted by Crippen LogP contribution is -2.44. The number of imide groups is 1. The third kappa shape index (κ3) is 1.91. The molecule has 3 aromatic rings. The highest BCUT2D eigenvalue weighted by atomic mass is 16.3. The molecule has 0 spiro atoms. The van der Waals surface area contributed by atoms with Crippen molar-refractivity contribution in [3.05, 3.63) is 28.5 Å². The van der Waals surface area contributed by atoms with E-state index in [1.165, 1.54) is 9.13 Å². The van der Waals surface area contributed by atoms with E-state index < -0.39 is 11.9 Å². The van der Waals surface area contributed by atoms with E-state index in [1.807, 2.05) is 0 Å². The van der Waals surface area contributed by atoms with Gasteiger partial charge in [-0.15, -0.1) is 0 Å². The van der Waals surface area contributed by atoms with Crippen LogP contribution in [0.5, 0.6) is 0 Å². The molecule has 1 aliphatic heterocycles. The molecule has 1 N–H and O–H groups in total. The molecule has 2 amide bonds. The number of nitrogens with one attached hydrogen (secondary N) is 1. The third-order valence-electron chi connectivity index (χ3n) is 4.23. The van der Waals surface area contributed by atoms with E-state index in [-0.39, 0.29) is 18.0 Å². The summed E-state index contributed by atoms with van der Waals surface area (Å²) in [5, 5.41) is 2.29. The van der Waals surface area contributed by atoms with Gasteiger partial charge in [-0.2, -0.15) is 0 Å². The maximum atomic E-state index is 12.6. The largest absolute Gasteiger partial charge is 0.441 e. The molecule has 1 aromatic carbocycles. The van der Waals surface area contributed by atoms with Crippen molar-refractivity contribution in [3.8, 4) is 0 Å². The van der Waals surface area contributed by atoms with Crippen LogP contribution in [0.3, 0.4) is 0 Å². The van der Waals surface area contributed by atoms with Gasteiger partial charge in [0.1, 0.15) is 11.6 Å². The van der Waals surface area contributed by atoms with Crippen LogP contribution >= 0.6 is 0 Å². The SMILES string of the molecule is Cc1nc2cc3c(cc2o1)n(C)c(=O)n3C1CCC(=O)NC1=O. The average molecular weight is 314 g/mol. The van der Waals surface area contributed by atoms with Crippen LogP contribution in [0.25, 0.3) is 22.1 Å². The minimum atomic E-state index is -0.700. The fourth-order valence-corrected chi connectivity index (χ4v) is 3.13. The quantitative estimate of drug-likeness (QED) is 0.669. The second-order valence-electron chi connectivity index (χ2n) is 5.72. The second kappa shape index (κ2) is 4.55. The summed E-state index contributed by atoms with van der Waals surface area (Å²) in [6.45, 7) is 1.75. The normalized spacial score (nSPS) is 18.8. The number of fused-ring (bicyclic) bond motifs is 2. The molecule has 2 aromatic heterocycles. The van der Waals surface area contributed by atoms with Gasteiger partial charge in [0.05, 0.1) is 11.0 Å². The fourth-order valence-electron chi connectivity index (χ4n) is 3.13. The first-order valence-electron chi connectivity index (χ1n) is 7.27. The van der Waals surface area contributed by atoms with E-state index >= 15 is 0 Å². The topological polar surface area (TPSA) is 99.1 Å². The molecule has 8 heteroatoms. The molecule has 118 valence electrons. The first-order chi connectivity index (χ1) is 11.0. The molecule has 4 rings (SSSR count). The fraction of sp³-hybridized carbons (Fsp3) is 0.333. The van der Waals surface area contributed by atoms with E-state index in [1.54, 1.807) is 26.1 Å². The maximum absolute atomic E-state index is 12.6. The van der Waals surface area contributed by atoms with Crippen LogP contribution in [0, 0.1) is 6.92 Å². The molecule has 8 nitrogen and oxygen atoms in total. The van der Waals surface area contributed by atoms with Crippen molar-refractivity contribution < 1.29 is 14.0 Å². The Morgan fingerprint density at radius 2 is 2.04 bits per heavy atom. The Hall–Kier alpha value is -2.90. The van der Waals surface area contributed by atoms with Gasteiger partial charge in [-0.25, -0.2) is 9.78 Å². The number of benzene rings is 1. The molecule has 0 aliphatic carbocycles. The number of carbonyl (C=O) groups excluding carboxylic acids is 2. The zero-order chi connectivity index (χ0) is 16.3. The van der Waals surface area contributed by atoms with Gasteiger partial charge in [-0.1, -0.05) is 0 Å². The summed E-state index contributed by atoms with van der Waals surface area (Å²) in [6, 6.07) is 2.79. The Labute approximate surface area is 129 Å². The molecule has 23 heavy (non-hydrogen) atoms. The summed E-state index contributed by atoms with van der Waals surface area (Å²) >= 11 is 0. The highest BCUT2D eigenvalue weighted by molar-refractivity contribution is 6.00. The molecule has 0 saturated carbocycles. The van der Waals surface area contributed by atoms with E-state index in [0.717, 1.165) is 0 Å². The van der Waals surface area contributed by atoms with Crippen molar-refractivity contribution in [1.29, 1.82) is 0 Å². The van der Waals surface area contributed by atoms with Crippen molar-refractivity contribution in [3.63, 3.8) is 0 Å². The van der Waals surface area contributed by atoms with E-state index in [4.69, 9.17) is 4.42 Å². The smallest absolute Gasteiger partial charge is 0.329 e. The summed E-state index contributed by atoms with van der Waals surface area (Å²) in [5.74, 6) is -0.230. The van der Waals surface area contributed by atoms with Crippen molar-refractivity contribution in [2.45, 2.75) is 25.8 Å². The number of nitrogens with zero attached hydrogens (tertiary/aromatic N) is 3. The number of carbonyl (C=O) groups is 2. The van der Waals surface area contributed by atoms with Gasteiger partial charge >= 0.3 is 5.69 Å². The third-order valence-corrected chi connectivity index (χ3v) is 4.23. The number of hydrogen-bond donors (Lipinski definition) is 1. The highest BCUT2D eigenvalue weighted by Gasteiger charge is 2.31. The number of aromatic nitrogens is 3. The Balaban J connectivity index is 2.00.